The van der Waals surface area contributed by atoms with E-state index in [0.717, 1.165) is 5.69 Å². The first-order chi connectivity index (χ1) is 6.83. The molecule has 1 fully saturated rings. The van der Waals surface area contributed by atoms with Gasteiger partial charge in [-0.25, -0.2) is 4.98 Å². The van der Waals surface area contributed by atoms with Crippen LogP contribution >= 0.6 is 0 Å². The lowest BCUT2D eigenvalue weighted by Crippen LogP contribution is -2.03. The van der Waals surface area contributed by atoms with Gasteiger partial charge in [-0.15, -0.1) is 0 Å². The zero-order valence-electron chi connectivity index (χ0n) is 7.95. The molecule has 0 aromatic carbocycles. The van der Waals surface area contributed by atoms with Crippen LogP contribution in [0.25, 0.3) is 0 Å². The zero-order chi connectivity index (χ0) is 9.97. The second-order valence-electron chi connectivity index (χ2n) is 3.30. The van der Waals surface area contributed by atoms with Crippen molar-refractivity contribution >= 4 is 5.69 Å². The molecule has 1 heterocycles. The van der Waals surface area contributed by atoms with Gasteiger partial charge in [0.25, 0.3) is 0 Å². The highest BCUT2D eigenvalue weighted by molar-refractivity contribution is 5.59. The van der Waals surface area contributed by atoms with Gasteiger partial charge in [-0.1, -0.05) is 0 Å². The largest absolute Gasteiger partial charge is 0.481 e. The number of methoxy groups -OCH3 is 1. The minimum Gasteiger partial charge on any atom is -0.481 e. The molecule has 0 radical (unpaired) electrons. The Bertz CT molecular complexity index is 379. The summed E-state index contributed by atoms with van der Waals surface area (Å²) in [4.78, 5) is 3.97. The van der Waals surface area contributed by atoms with E-state index in [-0.39, 0.29) is 0 Å². The molecule has 1 aliphatic carbocycles. The third kappa shape index (κ3) is 1.77. The first-order valence-electron chi connectivity index (χ1n) is 4.54. The van der Waals surface area contributed by atoms with Crippen LogP contribution in [-0.4, -0.2) is 18.1 Å². The van der Waals surface area contributed by atoms with E-state index in [4.69, 9.17) is 10.00 Å². The van der Waals surface area contributed by atoms with Gasteiger partial charge in [0, 0.05) is 12.1 Å². The lowest BCUT2D eigenvalue weighted by Gasteiger charge is -2.07. The van der Waals surface area contributed by atoms with Crippen LogP contribution in [-0.2, 0) is 0 Å². The molecule has 1 aromatic heterocycles. The maximum atomic E-state index is 8.84. The van der Waals surface area contributed by atoms with Crippen LogP contribution in [0.1, 0.15) is 18.4 Å². The predicted molar refractivity (Wildman–Crippen MR) is 52.1 cm³/mol. The van der Waals surface area contributed by atoms with E-state index in [2.05, 4.69) is 16.4 Å². The molecule has 0 aliphatic heterocycles. The Hall–Kier alpha value is -1.76. The van der Waals surface area contributed by atoms with Gasteiger partial charge >= 0.3 is 0 Å². The smallest absolute Gasteiger partial charge is 0.215 e. The summed E-state index contributed by atoms with van der Waals surface area (Å²) in [6, 6.07) is 4.38. The molecule has 0 spiro atoms. The summed E-state index contributed by atoms with van der Waals surface area (Å²) in [5, 5.41) is 12.1. The molecule has 14 heavy (non-hydrogen) atoms. The number of nitriles is 1. The van der Waals surface area contributed by atoms with Crippen molar-refractivity contribution in [1.82, 2.24) is 4.98 Å². The fourth-order valence-electron chi connectivity index (χ4n) is 1.20. The van der Waals surface area contributed by atoms with Gasteiger partial charge in [-0.3, -0.25) is 0 Å². The highest BCUT2D eigenvalue weighted by Crippen LogP contribution is 2.27. The SMILES string of the molecule is COc1cc(NC2CC2)c(C#N)cn1. The number of nitrogens with zero attached hydrogens (tertiary/aromatic N) is 2. The first-order valence-corrected chi connectivity index (χ1v) is 4.54. The quantitative estimate of drug-likeness (QED) is 0.783. The lowest BCUT2D eigenvalue weighted by atomic mass is 10.2. The van der Waals surface area contributed by atoms with Crippen LogP contribution in [0.4, 0.5) is 5.69 Å². The van der Waals surface area contributed by atoms with Crippen molar-refractivity contribution < 1.29 is 4.74 Å². The van der Waals surface area contributed by atoms with Crippen LogP contribution in [0.3, 0.4) is 0 Å². The second-order valence-corrected chi connectivity index (χ2v) is 3.30. The van der Waals surface area contributed by atoms with Crippen LogP contribution in [0, 0.1) is 11.3 Å². The molecule has 1 saturated carbocycles. The van der Waals surface area contributed by atoms with E-state index in [1.165, 1.54) is 19.0 Å². The molecule has 4 nitrogen and oxygen atoms in total. The van der Waals surface area contributed by atoms with Gasteiger partial charge in [0.05, 0.1) is 24.6 Å². The van der Waals surface area contributed by atoms with Gasteiger partial charge < -0.3 is 10.1 Å². The fraction of sp³-hybridized carbons (Fsp3) is 0.400. The average molecular weight is 189 g/mol. The minimum atomic E-state index is 0.522. The highest BCUT2D eigenvalue weighted by Gasteiger charge is 2.22. The Kier molecular flexibility index (Phi) is 2.23. The van der Waals surface area contributed by atoms with Gasteiger partial charge in [0.15, 0.2) is 0 Å². The molecular formula is C10H11N3O. The van der Waals surface area contributed by atoms with Gasteiger partial charge in [0.2, 0.25) is 5.88 Å². The van der Waals surface area contributed by atoms with Crippen molar-refractivity contribution in [3.05, 3.63) is 17.8 Å². The number of ether oxygens (including phenoxy) is 1. The van der Waals surface area contributed by atoms with Crippen molar-refractivity contribution in [2.45, 2.75) is 18.9 Å². The summed E-state index contributed by atoms with van der Waals surface area (Å²) in [5.74, 6) is 0.534. The second kappa shape index (κ2) is 3.54. The summed E-state index contributed by atoms with van der Waals surface area (Å²) in [6.07, 6.45) is 3.88. The van der Waals surface area contributed by atoms with Crippen LogP contribution in [0.5, 0.6) is 5.88 Å². The van der Waals surface area contributed by atoms with Crippen LogP contribution in [0.15, 0.2) is 12.3 Å². The molecule has 0 unspecified atom stereocenters. The molecule has 2 rings (SSSR count). The molecular weight excluding hydrogens is 178 g/mol. The molecule has 0 bridgehead atoms. The van der Waals surface area contributed by atoms with E-state index in [1.807, 2.05) is 0 Å². The molecule has 4 heteroatoms. The molecule has 1 N–H and O–H groups in total. The summed E-state index contributed by atoms with van der Waals surface area (Å²) < 4.78 is 5.00. The molecule has 0 saturated heterocycles. The Balaban J connectivity index is 2.27. The van der Waals surface area contributed by atoms with Crippen molar-refractivity contribution in [3.63, 3.8) is 0 Å². The van der Waals surface area contributed by atoms with E-state index >= 15 is 0 Å². The molecule has 1 aromatic rings. The van der Waals surface area contributed by atoms with Crippen molar-refractivity contribution in [1.29, 1.82) is 5.26 Å². The molecule has 0 amide bonds. The summed E-state index contributed by atoms with van der Waals surface area (Å²) in [6.45, 7) is 0. The number of hydrogen-bond acceptors (Lipinski definition) is 4. The topological polar surface area (TPSA) is 57.9 Å². The number of nitrogens with one attached hydrogen (secondary N) is 1. The van der Waals surface area contributed by atoms with Crippen molar-refractivity contribution in [2.75, 3.05) is 12.4 Å². The Morgan fingerprint density at radius 3 is 3.00 bits per heavy atom. The highest BCUT2D eigenvalue weighted by atomic mass is 16.5. The number of rotatable bonds is 3. The standard InChI is InChI=1S/C10H11N3O/c1-14-10-4-9(13-8-2-3-8)7(5-11)6-12-10/h4,6,8H,2-3H2,1H3,(H,12,13). The Morgan fingerprint density at radius 2 is 2.43 bits per heavy atom. The Labute approximate surface area is 82.5 Å². The minimum absolute atomic E-state index is 0.522. The third-order valence-corrected chi connectivity index (χ3v) is 2.15. The monoisotopic (exact) mass is 189 g/mol. The summed E-state index contributed by atoms with van der Waals surface area (Å²) in [7, 11) is 1.56. The number of hydrogen-bond donors (Lipinski definition) is 1. The first kappa shape index (κ1) is 8.82. The van der Waals surface area contributed by atoms with Gasteiger partial charge in [0.1, 0.15) is 6.07 Å². The van der Waals surface area contributed by atoms with Crippen LogP contribution < -0.4 is 10.1 Å². The van der Waals surface area contributed by atoms with E-state index in [0.29, 0.717) is 17.5 Å². The molecule has 1 aliphatic rings. The van der Waals surface area contributed by atoms with Gasteiger partial charge in [-0.2, -0.15) is 5.26 Å². The maximum Gasteiger partial charge on any atom is 0.215 e. The lowest BCUT2D eigenvalue weighted by molar-refractivity contribution is 0.398. The van der Waals surface area contributed by atoms with E-state index < -0.39 is 0 Å². The van der Waals surface area contributed by atoms with E-state index in [9.17, 15) is 0 Å². The normalized spacial score (nSPS) is 14.6. The fourth-order valence-corrected chi connectivity index (χ4v) is 1.20. The Morgan fingerprint density at radius 1 is 1.64 bits per heavy atom. The summed E-state index contributed by atoms with van der Waals surface area (Å²) >= 11 is 0. The van der Waals surface area contributed by atoms with Gasteiger partial charge in [-0.05, 0) is 12.8 Å². The van der Waals surface area contributed by atoms with Crippen molar-refractivity contribution in [2.24, 2.45) is 0 Å². The zero-order valence-corrected chi connectivity index (χ0v) is 7.95. The van der Waals surface area contributed by atoms with E-state index in [1.54, 1.807) is 13.2 Å². The molecule has 72 valence electrons. The average Bonchev–Trinajstić information content (AvgIpc) is 3.01. The maximum absolute atomic E-state index is 8.84. The van der Waals surface area contributed by atoms with Crippen LogP contribution in [0.2, 0.25) is 0 Å². The molecule has 0 atom stereocenters. The third-order valence-electron chi connectivity index (χ3n) is 2.15. The van der Waals surface area contributed by atoms with Crippen molar-refractivity contribution in [3.8, 4) is 11.9 Å². The summed E-state index contributed by atoms with van der Waals surface area (Å²) in [5.41, 5.74) is 1.39. The number of aromatic nitrogens is 1. The number of pyridine rings is 1. The number of anilines is 1. The predicted octanol–water partition coefficient (Wildman–Crippen LogP) is 1.54.